The van der Waals surface area contributed by atoms with E-state index in [9.17, 15) is 0 Å². The predicted molar refractivity (Wildman–Crippen MR) is 96.1 cm³/mol. The van der Waals surface area contributed by atoms with Crippen LogP contribution in [0.15, 0.2) is 12.4 Å². The summed E-state index contributed by atoms with van der Waals surface area (Å²) in [5.74, 6) is 0.718. The molecule has 2 aliphatic rings. The molecule has 0 unspecified atom stereocenters. The minimum absolute atomic E-state index is 0.360. The summed E-state index contributed by atoms with van der Waals surface area (Å²) in [4.78, 5) is 13.9. The summed E-state index contributed by atoms with van der Waals surface area (Å²) in [6.07, 6.45) is 7.11. The predicted octanol–water partition coefficient (Wildman–Crippen LogP) is 1.98. The molecule has 1 N–H and O–H groups in total. The Labute approximate surface area is 145 Å². The second-order valence-electron chi connectivity index (χ2n) is 7.16. The topological polar surface area (TPSA) is 53.5 Å². The highest BCUT2D eigenvalue weighted by molar-refractivity contribution is 5.24. The molecule has 6 nitrogen and oxygen atoms in total. The number of rotatable bonds is 5. The van der Waals surface area contributed by atoms with Gasteiger partial charge < -0.3 is 10.1 Å². The van der Waals surface area contributed by atoms with E-state index in [4.69, 9.17) is 4.74 Å². The Hall–Kier alpha value is -1.24. The average molecular weight is 333 g/mol. The van der Waals surface area contributed by atoms with Gasteiger partial charge in [0, 0.05) is 50.2 Å². The monoisotopic (exact) mass is 333 g/mol. The van der Waals surface area contributed by atoms with Crippen molar-refractivity contribution in [2.45, 2.75) is 58.4 Å². The number of nitrogens with zero attached hydrogens (tertiary/aromatic N) is 4. The molecule has 0 aromatic carbocycles. The summed E-state index contributed by atoms with van der Waals surface area (Å²) < 4.78 is 5.86. The summed E-state index contributed by atoms with van der Waals surface area (Å²) in [6, 6.07) is 0.711. The van der Waals surface area contributed by atoms with Gasteiger partial charge >= 0.3 is 0 Å². The van der Waals surface area contributed by atoms with Crippen LogP contribution in [0.5, 0.6) is 0 Å². The minimum Gasteiger partial charge on any atom is -0.373 e. The molecular weight excluding hydrogens is 302 g/mol. The molecule has 2 fully saturated rings. The Morgan fingerprint density at radius 2 is 1.75 bits per heavy atom. The minimum atomic E-state index is 0.360. The number of nitrogens with one attached hydrogen (secondary N) is 1. The maximum atomic E-state index is 5.86. The van der Waals surface area contributed by atoms with Crippen molar-refractivity contribution in [3.63, 3.8) is 0 Å². The van der Waals surface area contributed by atoms with Gasteiger partial charge in [0.1, 0.15) is 0 Å². The third-order valence-electron chi connectivity index (χ3n) is 4.97. The standard InChI is InChI=1S/C18H31N5O/c1-4-19-18-20-9-16(10-21-18)13-22-7-5-17(6-8-22)23-11-14(2)24-15(3)12-23/h9-10,14-15,17H,4-8,11-13H2,1-3H3,(H,19,20,21)/t14-,15+. The molecule has 134 valence electrons. The van der Waals surface area contributed by atoms with Crippen molar-refractivity contribution in [3.8, 4) is 0 Å². The van der Waals surface area contributed by atoms with Crippen molar-refractivity contribution < 1.29 is 4.74 Å². The molecule has 0 spiro atoms. The zero-order valence-electron chi connectivity index (χ0n) is 15.2. The Balaban J connectivity index is 1.46. The fourth-order valence-corrected chi connectivity index (χ4v) is 3.90. The normalized spacial score (nSPS) is 27.3. The van der Waals surface area contributed by atoms with E-state index >= 15 is 0 Å². The fraction of sp³-hybridized carbons (Fsp3) is 0.778. The van der Waals surface area contributed by atoms with Gasteiger partial charge in [-0.2, -0.15) is 0 Å². The van der Waals surface area contributed by atoms with Crippen molar-refractivity contribution in [2.75, 3.05) is 38.0 Å². The van der Waals surface area contributed by atoms with Crippen molar-refractivity contribution in [3.05, 3.63) is 18.0 Å². The first kappa shape index (κ1) is 17.6. The van der Waals surface area contributed by atoms with Gasteiger partial charge in [-0.05, 0) is 46.7 Å². The molecule has 0 saturated carbocycles. The lowest BCUT2D eigenvalue weighted by Crippen LogP contribution is -2.53. The van der Waals surface area contributed by atoms with Gasteiger partial charge in [0.2, 0.25) is 5.95 Å². The van der Waals surface area contributed by atoms with E-state index in [1.54, 1.807) is 0 Å². The molecule has 0 aliphatic carbocycles. The van der Waals surface area contributed by atoms with Crippen LogP contribution in [0.3, 0.4) is 0 Å². The number of likely N-dealkylation sites (tertiary alicyclic amines) is 1. The highest BCUT2D eigenvalue weighted by Gasteiger charge is 2.30. The SMILES string of the molecule is CCNc1ncc(CN2CCC(N3C[C@@H](C)O[C@@H](C)C3)CC2)cn1. The average Bonchev–Trinajstić information content (AvgIpc) is 2.57. The van der Waals surface area contributed by atoms with Gasteiger partial charge in [0.25, 0.3) is 0 Å². The lowest BCUT2D eigenvalue weighted by molar-refractivity contribution is -0.0865. The summed E-state index contributed by atoms with van der Waals surface area (Å²) in [5, 5.41) is 3.14. The molecular formula is C18H31N5O. The van der Waals surface area contributed by atoms with Gasteiger partial charge in [-0.15, -0.1) is 0 Å². The number of anilines is 1. The van der Waals surface area contributed by atoms with Crippen LogP contribution in [0.1, 0.15) is 39.2 Å². The van der Waals surface area contributed by atoms with E-state index in [-0.39, 0.29) is 0 Å². The van der Waals surface area contributed by atoms with Gasteiger partial charge in [-0.1, -0.05) is 0 Å². The molecule has 3 rings (SSSR count). The van der Waals surface area contributed by atoms with Crippen LogP contribution in [0.4, 0.5) is 5.95 Å². The molecule has 1 aromatic heterocycles. The summed E-state index contributed by atoms with van der Waals surface area (Å²) in [6.45, 7) is 12.7. The second-order valence-corrected chi connectivity index (χ2v) is 7.16. The Bertz CT molecular complexity index is 491. The number of ether oxygens (including phenoxy) is 1. The molecule has 1 aromatic rings. The van der Waals surface area contributed by atoms with Crippen LogP contribution in [0.2, 0.25) is 0 Å². The zero-order chi connectivity index (χ0) is 16.9. The first-order valence-corrected chi connectivity index (χ1v) is 9.30. The number of morpholine rings is 1. The van der Waals surface area contributed by atoms with E-state index in [2.05, 4.69) is 45.9 Å². The maximum absolute atomic E-state index is 5.86. The molecule has 0 amide bonds. The Kier molecular flexibility index (Phi) is 6.03. The van der Waals surface area contributed by atoms with Gasteiger partial charge in [-0.3, -0.25) is 9.80 Å². The van der Waals surface area contributed by atoms with Crippen LogP contribution in [-0.4, -0.2) is 70.7 Å². The van der Waals surface area contributed by atoms with Gasteiger partial charge in [0.05, 0.1) is 12.2 Å². The number of aromatic nitrogens is 2. The van der Waals surface area contributed by atoms with Crippen LogP contribution in [0, 0.1) is 0 Å². The largest absolute Gasteiger partial charge is 0.373 e. The van der Waals surface area contributed by atoms with Gasteiger partial charge in [-0.25, -0.2) is 9.97 Å². The zero-order valence-corrected chi connectivity index (χ0v) is 15.2. The lowest BCUT2D eigenvalue weighted by Gasteiger charge is -2.43. The van der Waals surface area contributed by atoms with E-state index in [0.29, 0.717) is 18.2 Å². The molecule has 0 radical (unpaired) electrons. The van der Waals surface area contributed by atoms with Crippen molar-refractivity contribution in [2.24, 2.45) is 0 Å². The molecule has 0 bridgehead atoms. The van der Waals surface area contributed by atoms with Crippen LogP contribution < -0.4 is 5.32 Å². The molecule has 3 heterocycles. The van der Waals surface area contributed by atoms with E-state index < -0.39 is 0 Å². The highest BCUT2D eigenvalue weighted by Crippen LogP contribution is 2.22. The molecule has 2 aliphatic heterocycles. The summed E-state index contributed by atoms with van der Waals surface area (Å²) in [7, 11) is 0. The van der Waals surface area contributed by atoms with Crippen molar-refractivity contribution >= 4 is 5.95 Å². The number of hydrogen-bond donors (Lipinski definition) is 1. The molecule has 24 heavy (non-hydrogen) atoms. The van der Waals surface area contributed by atoms with E-state index in [1.807, 2.05) is 12.4 Å². The lowest BCUT2D eigenvalue weighted by atomic mass is 10.0. The van der Waals surface area contributed by atoms with Crippen molar-refractivity contribution in [1.82, 2.24) is 19.8 Å². The molecule has 6 heteroatoms. The Morgan fingerprint density at radius 1 is 1.12 bits per heavy atom. The second kappa shape index (κ2) is 8.23. The third kappa shape index (κ3) is 4.65. The first-order chi connectivity index (χ1) is 11.6. The fourth-order valence-electron chi connectivity index (χ4n) is 3.90. The van der Waals surface area contributed by atoms with E-state index in [0.717, 1.165) is 45.2 Å². The van der Waals surface area contributed by atoms with Crippen LogP contribution >= 0.6 is 0 Å². The van der Waals surface area contributed by atoms with E-state index in [1.165, 1.54) is 18.4 Å². The van der Waals surface area contributed by atoms with Crippen molar-refractivity contribution in [1.29, 1.82) is 0 Å². The smallest absolute Gasteiger partial charge is 0.222 e. The summed E-state index contributed by atoms with van der Waals surface area (Å²) in [5.41, 5.74) is 1.20. The quantitative estimate of drug-likeness (QED) is 0.889. The van der Waals surface area contributed by atoms with Crippen LogP contribution in [0.25, 0.3) is 0 Å². The third-order valence-corrected chi connectivity index (χ3v) is 4.97. The maximum Gasteiger partial charge on any atom is 0.222 e. The highest BCUT2D eigenvalue weighted by atomic mass is 16.5. The molecule has 2 atom stereocenters. The summed E-state index contributed by atoms with van der Waals surface area (Å²) >= 11 is 0. The number of hydrogen-bond acceptors (Lipinski definition) is 6. The first-order valence-electron chi connectivity index (χ1n) is 9.30. The number of piperidine rings is 1. The Morgan fingerprint density at radius 3 is 2.33 bits per heavy atom. The van der Waals surface area contributed by atoms with Crippen LogP contribution in [-0.2, 0) is 11.3 Å². The van der Waals surface area contributed by atoms with Gasteiger partial charge in [0.15, 0.2) is 0 Å². The molecule has 2 saturated heterocycles.